The number of hydrogen-bond acceptors (Lipinski definition) is 10. The van der Waals surface area contributed by atoms with E-state index in [1.807, 2.05) is 32.9 Å². The lowest BCUT2D eigenvalue weighted by atomic mass is 9.96. The lowest BCUT2D eigenvalue weighted by molar-refractivity contribution is -0.386. The summed E-state index contributed by atoms with van der Waals surface area (Å²) in [6.45, 7) is 5.86. The Balaban J connectivity index is 1.60. The Morgan fingerprint density at radius 1 is 0.936 bits per heavy atom. The molecule has 0 amide bonds. The molecule has 0 aliphatic carbocycles. The molecular formula is C34H31N5O8. The van der Waals surface area contributed by atoms with Crippen molar-refractivity contribution in [2.45, 2.75) is 33.3 Å². The standard InChI is InChI=1S/C34H31N5O8/c1-20(2)26-17-27(21(3)14-30(26)45-4)33-36-28-9-7-6-8-25(28)34(40)37(33)35-18-23-15-29(39(43)44)32(31(16-23)46-5)47-19-22-10-12-24(13-11-22)38(41)42/h6-18,20H,19H2,1-5H3. The highest BCUT2D eigenvalue weighted by molar-refractivity contribution is 5.84. The van der Waals surface area contributed by atoms with Gasteiger partial charge >= 0.3 is 5.69 Å². The number of nitro benzene ring substituents is 2. The van der Waals surface area contributed by atoms with Gasteiger partial charge in [0.05, 0.1) is 41.2 Å². The number of non-ortho nitro benzene ring substituents is 1. The highest BCUT2D eigenvalue weighted by Gasteiger charge is 2.23. The van der Waals surface area contributed by atoms with Crippen LogP contribution in [0.4, 0.5) is 11.4 Å². The van der Waals surface area contributed by atoms with Crippen LogP contribution in [0.25, 0.3) is 22.3 Å². The lowest BCUT2D eigenvalue weighted by Crippen LogP contribution is -2.21. The van der Waals surface area contributed by atoms with E-state index in [-0.39, 0.29) is 41.1 Å². The predicted molar refractivity (Wildman–Crippen MR) is 177 cm³/mol. The van der Waals surface area contributed by atoms with Crippen LogP contribution in [-0.2, 0) is 6.61 Å². The molecule has 5 aromatic rings. The average Bonchev–Trinajstić information content (AvgIpc) is 3.06. The van der Waals surface area contributed by atoms with Gasteiger partial charge in [-0.25, -0.2) is 4.98 Å². The van der Waals surface area contributed by atoms with Gasteiger partial charge in [-0.2, -0.15) is 9.78 Å². The van der Waals surface area contributed by atoms with Gasteiger partial charge in [0.15, 0.2) is 11.6 Å². The Kier molecular flexibility index (Phi) is 9.26. The lowest BCUT2D eigenvalue weighted by Gasteiger charge is -2.17. The normalized spacial score (nSPS) is 11.3. The van der Waals surface area contributed by atoms with Crippen LogP contribution in [-0.4, -0.2) is 39.9 Å². The number of benzene rings is 4. The number of rotatable bonds is 11. The fourth-order valence-corrected chi connectivity index (χ4v) is 5.08. The maximum absolute atomic E-state index is 13.8. The van der Waals surface area contributed by atoms with E-state index in [0.29, 0.717) is 22.0 Å². The summed E-state index contributed by atoms with van der Waals surface area (Å²) in [5.41, 5.74) is 2.81. The minimum Gasteiger partial charge on any atom is -0.496 e. The molecule has 4 aromatic carbocycles. The Bertz CT molecular complexity index is 2090. The fraction of sp³-hybridized carbons (Fsp3) is 0.206. The van der Waals surface area contributed by atoms with Gasteiger partial charge in [0.2, 0.25) is 5.75 Å². The largest absolute Gasteiger partial charge is 0.496 e. The molecule has 5 rings (SSSR count). The quantitative estimate of drug-likeness (QED) is 0.0862. The van der Waals surface area contributed by atoms with Gasteiger partial charge in [-0.15, -0.1) is 0 Å². The Labute approximate surface area is 269 Å². The van der Waals surface area contributed by atoms with Crippen molar-refractivity contribution in [2.75, 3.05) is 14.2 Å². The molecule has 0 radical (unpaired) electrons. The number of aromatic nitrogens is 2. The van der Waals surface area contributed by atoms with Crippen LogP contribution in [0.2, 0.25) is 0 Å². The number of aryl methyl sites for hydroxylation is 1. The molecule has 0 atom stereocenters. The Morgan fingerprint density at radius 2 is 1.64 bits per heavy atom. The monoisotopic (exact) mass is 637 g/mol. The van der Waals surface area contributed by atoms with Crippen LogP contribution in [0.1, 0.15) is 42.0 Å². The number of para-hydroxylation sites is 1. The van der Waals surface area contributed by atoms with Crippen LogP contribution >= 0.6 is 0 Å². The van der Waals surface area contributed by atoms with Crippen molar-refractivity contribution in [3.63, 3.8) is 0 Å². The molecule has 0 saturated carbocycles. The van der Waals surface area contributed by atoms with E-state index in [4.69, 9.17) is 19.2 Å². The molecule has 1 heterocycles. The van der Waals surface area contributed by atoms with Crippen molar-refractivity contribution in [1.29, 1.82) is 0 Å². The average molecular weight is 638 g/mol. The second-order valence-corrected chi connectivity index (χ2v) is 10.9. The van der Waals surface area contributed by atoms with Gasteiger partial charge in [-0.1, -0.05) is 26.0 Å². The maximum atomic E-state index is 13.8. The summed E-state index contributed by atoms with van der Waals surface area (Å²) in [7, 11) is 2.95. The molecule has 0 saturated heterocycles. The van der Waals surface area contributed by atoms with Crippen LogP contribution < -0.4 is 19.8 Å². The second-order valence-electron chi connectivity index (χ2n) is 10.9. The van der Waals surface area contributed by atoms with E-state index in [2.05, 4.69) is 5.10 Å². The van der Waals surface area contributed by atoms with E-state index < -0.39 is 21.1 Å². The number of ether oxygens (including phenoxy) is 3. The highest BCUT2D eigenvalue weighted by Crippen LogP contribution is 2.39. The van der Waals surface area contributed by atoms with E-state index in [1.165, 1.54) is 54.4 Å². The van der Waals surface area contributed by atoms with Crippen molar-refractivity contribution in [1.82, 2.24) is 9.66 Å². The summed E-state index contributed by atoms with van der Waals surface area (Å²) >= 11 is 0. The Morgan fingerprint density at radius 3 is 2.28 bits per heavy atom. The third kappa shape index (κ3) is 6.64. The van der Waals surface area contributed by atoms with Crippen molar-refractivity contribution in [3.8, 4) is 28.6 Å². The Hall–Kier alpha value is -6.11. The smallest absolute Gasteiger partial charge is 0.315 e. The summed E-state index contributed by atoms with van der Waals surface area (Å²) in [5, 5.41) is 27.9. The van der Waals surface area contributed by atoms with E-state index in [0.717, 1.165) is 16.9 Å². The molecule has 13 nitrogen and oxygen atoms in total. The van der Waals surface area contributed by atoms with Crippen LogP contribution in [0.5, 0.6) is 17.2 Å². The van der Waals surface area contributed by atoms with Crippen LogP contribution in [0, 0.1) is 27.2 Å². The maximum Gasteiger partial charge on any atom is 0.315 e. The van der Waals surface area contributed by atoms with Gasteiger partial charge in [0.25, 0.3) is 11.2 Å². The van der Waals surface area contributed by atoms with Gasteiger partial charge in [-0.3, -0.25) is 25.0 Å². The molecule has 1 aromatic heterocycles. The molecule has 0 aliphatic heterocycles. The minimum atomic E-state index is -0.617. The molecule has 0 spiro atoms. The third-order valence-corrected chi connectivity index (χ3v) is 7.52. The van der Waals surface area contributed by atoms with E-state index in [9.17, 15) is 25.0 Å². The zero-order valence-corrected chi connectivity index (χ0v) is 26.3. The summed E-state index contributed by atoms with van der Waals surface area (Å²) in [6, 6.07) is 19.2. The topological polar surface area (TPSA) is 161 Å². The van der Waals surface area contributed by atoms with Crippen molar-refractivity contribution in [2.24, 2.45) is 5.10 Å². The van der Waals surface area contributed by atoms with E-state index >= 15 is 0 Å². The molecule has 240 valence electrons. The number of hydrogen-bond donors (Lipinski definition) is 0. The number of nitrogens with zero attached hydrogens (tertiary/aromatic N) is 5. The van der Waals surface area contributed by atoms with Crippen molar-refractivity contribution < 1.29 is 24.1 Å². The molecule has 0 unspecified atom stereocenters. The minimum absolute atomic E-state index is 0.0549. The molecule has 47 heavy (non-hydrogen) atoms. The number of nitro groups is 2. The molecule has 0 aliphatic rings. The van der Waals surface area contributed by atoms with Crippen LogP contribution in [0.3, 0.4) is 0 Å². The first-order valence-electron chi connectivity index (χ1n) is 14.5. The SMILES string of the molecule is COc1cc(C)c(-c2nc3ccccc3c(=O)n2N=Cc2cc(OC)c(OCc3ccc([N+](=O)[O-])cc3)c([N+](=O)[O-])c2)cc1C(C)C. The molecule has 0 fully saturated rings. The van der Waals surface area contributed by atoms with Gasteiger partial charge in [0, 0.05) is 29.3 Å². The van der Waals surface area contributed by atoms with E-state index in [1.54, 1.807) is 31.4 Å². The first-order chi connectivity index (χ1) is 22.5. The molecular weight excluding hydrogens is 606 g/mol. The fourth-order valence-electron chi connectivity index (χ4n) is 5.08. The van der Waals surface area contributed by atoms with Crippen molar-refractivity contribution in [3.05, 3.63) is 126 Å². The number of methoxy groups -OCH3 is 2. The summed E-state index contributed by atoms with van der Waals surface area (Å²) in [5.74, 6) is 1.04. The molecule has 0 N–H and O–H groups in total. The van der Waals surface area contributed by atoms with Crippen LogP contribution in [0.15, 0.2) is 82.7 Å². The molecule has 13 heteroatoms. The van der Waals surface area contributed by atoms with Gasteiger partial charge in [-0.05, 0) is 72.0 Å². The molecule has 0 bridgehead atoms. The number of fused-ring (bicyclic) bond motifs is 1. The summed E-state index contributed by atoms with van der Waals surface area (Å²) < 4.78 is 18.0. The van der Waals surface area contributed by atoms with Crippen molar-refractivity contribution >= 4 is 28.5 Å². The first-order valence-corrected chi connectivity index (χ1v) is 14.5. The highest BCUT2D eigenvalue weighted by atomic mass is 16.6. The summed E-state index contributed by atoms with van der Waals surface area (Å²) in [6.07, 6.45) is 1.32. The summed E-state index contributed by atoms with van der Waals surface area (Å²) in [4.78, 5) is 40.6. The second kappa shape index (κ2) is 13.5. The third-order valence-electron chi connectivity index (χ3n) is 7.52. The zero-order chi connectivity index (χ0) is 33.8. The zero-order valence-electron chi connectivity index (χ0n) is 26.3. The first kappa shape index (κ1) is 32.3. The van der Waals surface area contributed by atoms with Gasteiger partial charge < -0.3 is 14.2 Å². The van der Waals surface area contributed by atoms with Gasteiger partial charge in [0.1, 0.15) is 12.4 Å². The predicted octanol–water partition coefficient (Wildman–Crippen LogP) is 6.79.